The van der Waals surface area contributed by atoms with Crippen LogP contribution in [-0.4, -0.2) is 16.7 Å². The first-order valence-corrected chi connectivity index (χ1v) is 6.95. The number of fused-ring (bicyclic) bond motifs is 4. The van der Waals surface area contributed by atoms with Gasteiger partial charge >= 0.3 is 0 Å². The van der Waals surface area contributed by atoms with Crippen LogP contribution in [0, 0.1) is 0 Å². The third kappa shape index (κ3) is 1.69. The Morgan fingerprint density at radius 3 is 2.86 bits per heavy atom. The molecule has 4 nitrogen and oxygen atoms in total. The normalized spacial score (nSPS) is 12.8. The summed E-state index contributed by atoms with van der Waals surface area (Å²) in [5.41, 5.74) is 2.91. The molecule has 2 heterocycles. The van der Waals surface area contributed by atoms with Crippen LogP contribution in [0.1, 0.15) is 5.56 Å². The Morgan fingerprint density at radius 1 is 1.14 bits per heavy atom. The number of aromatic nitrogens is 2. The molecule has 0 spiro atoms. The van der Waals surface area contributed by atoms with Gasteiger partial charge in [0, 0.05) is 12.1 Å². The number of rotatable bonds is 1. The molecule has 4 heteroatoms. The Labute approximate surface area is 121 Å². The van der Waals surface area contributed by atoms with E-state index in [9.17, 15) is 4.79 Å². The molecule has 1 aliphatic rings. The van der Waals surface area contributed by atoms with E-state index in [0.29, 0.717) is 23.2 Å². The molecule has 0 aliphatic carbocycles. The smallest absolute Gasteiger partial charge is 0.261 e. The minimum absolute atomic E-state index is 0.00315. The van der Waals surface area contributed by atoms with Crippen molar-refractivity contribution >= 4 is 10.9 Å². The predicted octanol–water partition coefficient (Wildman–Crippen LogP) is 2.63. The summed E-state index contributed by atoms with van der Waals surface area (Å²) in [5.74, 6) is 1.37. The molecule has 0 N–H and O–H groups in total. The fourth-order valence-corrected chi connectivity index (χ4v) is 2.98. The van der Waals surface area contributed by atoms with Crippen molar-refractivity contribution in [1.82, 2.24) is 9.55 Å². The highest BCUT2D eigenvalue weighted by molar-refractivity contribution is 5.85. The molecule has 0 amide bonds. The zero-order valence-corrected chi connectivity index (χ0v) is 11.7. The topological polar surface area (TPSA) is 44.1 Å². The monoisotopic (exact) mass is 278 g/mol. The van der Waals surface area contributed by atoms with Crippen molar-refractivity contribution in [1.29, 1.82) is 0 Å². The molecule has 0 radical (unpaired) electrons. The molecule has 21 heavy (non-hydrogen) atoms. The fraction of sp³-hybridized carbons (Fsp3) is 0.176. The lowest BCUT2D eigenvalue weighted by molar-refractivity contribution is 0.418. The summed E-state index contributed by atoms with van der Waals surface area (Å²) in [4.78, 5) is 17.4. The second-order valence-corrected chi connectivity index (χ2v) is 5.16. The minimum atomic E-state index is 0.00315. The van der Waals surface area contributed by atoms with Gasteiger partial charge in [-0.2, -0.15) is 0 Å². The van der Waals surface area contributed by atoms with E-state index in [1.165, 1.54) is 5.56 Å². The van der Waals surface area contributed by atoms with Crippen molar-refractivity contribution in [2.75, 3.05) is 7.11 Å². The highest BCUT2D eigenvalue weighted by Gasteiger charge is 2.20. The highest BCUT2D eigenvalue weighted by Crippen LogP contribution is 2.29. The maximum absolute atomic E-state index is 12.7. The number of hydrogen-bond acceptors (Lipinski definition) is 3. The number of ether oxygens (including phenoxy) is 1. The summed E-state index contributed by atoms with van der Waals surface area (Å²) in [7, 11) is 1.60. The predicted molar refractivity (Wildman–Crippen MR) is 81.7 cm³/mol. The van der Waals surface area contributed by atoms with Crippen LogP contribution in [-0.2, 0) is 13.0 Å². The molecule has 4 rings (SSSR count). The summed E-state index contributed by atoms with van der Waals surface area (Å²) in [6.45, 7) is 0.672. The average molecular weight is 278 g/mol. The molecule has 0 atom stereocenters. The molecule has 3 aromatic rings. The number of aryl methyl sites for hydroxylation is 1. The van der Waals surface area contributed by atoms with E-state index in [1.54, 1.807) is 17.7 Å². The van der Waals surface area contributed by atoms with Crippen molar-refractivity contribution in [2.45, 2.75) is 13.0 Å². The second-order valence-electron chi connectivity index (χ2n) is 5.16. The van der Waals surface area contributed by atoms with Gasteiger partial charge in [-0.3, -0.25) is 9.36 Å². The molecule has 0 saturated heterocycles. The minimum Gasteiger partial charge on any atom is -0.494 e. The van der Waals surface area contributed by atoms with Gasteiger partial charge in [0.1, 0.15) is 17.1 Å². The summed E-state index contributed by atoms with van der Waals surface area (Å²) >= 11 is 0. The lowest BCUT2D eigenvalue weighted by atomic mass is 10.00. The molecule has 0 fully saturated rings. The molecule has 0 unspecified atom stereocenters. The van der Waals surface area contributed by atoms with Gasteiger partial charge in [0.15, 0.2) is 0 Å². The van der Waals surface area contributed by atoms with Crippen LogP contribution in [0.25, 0.3) is 22.3 Å². The summed E-state index contributed by atoms with van der Waals surface area (Å²) < 4.78 is 7.12. The van der Waals surface area contributed by atoms with Crippen molar-refractivity contribution in [3.63, 3.8) is 0 Å². The molecule has 0 saturated carbocycles. The molecule has 0 bridgehead atoms. The Hall–Kier alpha value is -2.62. The van der Waals surface area contributed by atoms with Gasteiger partial charge in [0.05, 0.1) is 12.5 Å². The van der Waals surface area contributed by atoms with Crippen molar-refractivity contribution in [3.05, 3.63) is 58.4 Å². The molecule has 104 valence electrons. The van der Waals surface area contributed by atoms with Crippen LogP contribution >= 0.6 is 0 Å². The average Bonchev–Trinajstić information content (AvgIpc) is 2.54. The Bertz CT molecular complexity index is 912. The van der Waals surface area contributed by atoms with E-state index in [0.717, 1.165) is 17.8 Å². The summed E-state index contributed by atoms with van der Waals surface area (Å²) in [6.07, 6.45) is 0.861. The van der Waals surface area contributed by atoms with E-state index in [4.69, 9.17) is 9.72 Å². The first kappa shape index (κ1) is 12.1. The Morgan fingerprint density at radius 2 is 2.00 bits per heavy atom. The quantitative estimate of drug-likeness (QED) is 0.687. The standard InChI is InChI=1S/C17H14N2O2/c1-21-14-8-4-7-13-15(14)18-16-12-6-3-2-5-11(12)9-10-19(16)17(13)20/h2-8H,9-10H2,1H3. The third-order valence-corrected chi connectivity index (χ3v) is 4.03. The van der Waals surface area contributed by atoms with Gasteiger partial charge in [-0.1, -0.05) is 30.3 Å². The van der Waals surface area contributed by atoms with Gasteiger partial charge in [0.2, 0.25) is 0 Å². The summed E-state index contributed by atoms with van der Waals surface area (Å²) in [6, 6.07) is 13.6. The lowest BCUT2D eigenvalue weighted by Gasteiger charge is -2.21. The third-order valence-electron chi connectivity index (χ3n) is 4.03. The van der Waals surface area contributed by atoms with E-state index in [2.05, 4.69) is 6.07 Å². The lowest BCUT2D eigenvalue weighted by Crippen LogP contribution is -2.27. The first-order chi connectivity index (χ1) is 10.3. The van der Waals surface area contributed by atoms with E-state index >= 15 is 0 Å². The SMILES string of the molecule is COc1cccc2c(=O)n3c(nc12)-c1ccccc1CC3. The van der Waals surface area contributed by atoms with Crippen molar-refractivity contribution in [3.8, 4) is 17.1 Å². The first-order valence-electron chi connectivity index (χ1n) is 6.95. The molecular weight excluding hydrogens is 264 g/mol. The highest BCUT2D eigenvalue weighted by atomic mass is 16.5. The number of para-hydroxylation sites is 1. The summed E-state index contributed by atoms with van der Waals surface area (Å²) in [5, 5.41) is 0.609. The van der Waals surface area contributed by atoms with Gasteiger partial charge in [0.25, 0.3) is 5.56 Å². The molecule has 2 aromatic carbocycles. The zero-order valence-electron chi connectivity index (χ0n) is 11.7. The van der Waals surface area contributed by atoms with Crippen LogP contribution < -0.4 is 10.3 Å². The molecular formula is C17H14N2O2. The van der Waals surface area contributed by atoms with Crippen LogP contribution in [0.2, 0.25) is 0 Å². The van der Waals surface area contributed by atoms with Gasteiger partial charge in [-0.05, 0) is 24.1 Å². The molecule has 1 aromatic heterocycles. The van der Waals surface area contributed by atoms with Crippen molar-refractivity contribution in [2.24, 2.45) is 0 Å². The van der Waals surface area contributed by atoms with Crippen LogP contribution in [0.15, 0.2) is 47.3 Å². The Balaban J connectivity index is 2.14. The van der Waals surface area contributed by atoms with Crippen LogP contribution in [0.5, 0.6) is 5.75 Å². The number of benzene rings is 2. The number of nitrogens with zero attached hydrogens (tertiary/aromatic N) is 2. The fourth-order valence-electron chi connectivity index (χ4n) is 2.98. The van der Waals surface area contributed by atoms with E-state index in [1.807, 2.05) is 30.3 Å². The van der Waals surface area contributed by atoms with Gasteiger partial charge in [-0.25, -0.2) is 4.98 Å². The van der Waals surface area contributed by atoms with E-state index in [-0.39, 0.29) is 5.56 Å². The van der Waals surface area contributed by atoms with Crippen LogP contribution in [0.3, 0.4) is 0 Å². The van der Waals surface area contributed by atoms with Crippen LogP contribution in [0.4, 0.5) is 0 Å². The number of hydrogen-bond donors (Lipinski definition) is 0. The zero-order chi connectivity index (χ0) is 14.4. The second kappa shape index (κ2) is 4.45. The van der Waals surface area contributed by atoms with E-state index < -0.39 is 0 Å². The largest absolute Gasteiger partial charge is 0.494 e. The Kier molecular flexibility index (Phi) is 2.57. The molecule has 1 aliphatic heterocycles. The maximum atomic E-state index is 12.7. The van der Waals surface area contributed by atoms with Crippen molar-refractivity contribution < 1.29 is 4.74 Å². The van der Waals surface area contributed by atoms with Gasteiger partial charge < -0.3 is 4.74 Å². The van der Waals surface area contributed by atoms with Gasteiger partial charge in [-0.15, -0.1) is 0 Å². The number of methoxy groups -OCH3 is 1. The maximum Gasteiger partial charge on any atom is 0.261 e.